The van der Waals surface area contributed by atoms with Crippen LogP contribution in [0.15, 0.2) is 29.2 Å². The van der Waals surface area contributed by atoms with Crippen LogP contribution in [0.2, 0.25) is 0 Å². The minimum Gasteiger partial charge on any atom is -0.508 e. The van der Waals surface area contributed by atoms with Crippen molar-refractivity contribution in [2.45, 2.75) is 4.90 Å². The first-order valence-corrected chi connectivity index (χ1v) is 5.80. The SMILES string of the molecule is Oc1ccc(SSS)cc1. The van der Waals surface area contributed by atoms with Crippen LogP contribution in [0.4, 0.5) is 0 Å². The van der Waals surface area contributed by atoms with Crippen molar-refractivity contribution >= 4 is 32.3 Å². The summed E-state index contributed by atoms with van der Waals surface area (Å²) in [6.45, 7) is 0. The third-order valence-corrected chi connectivity index (χ3v) is 2.98. The molecule has 0 heterocycles. The zero-order chi connectivity index (χ0) is 7.40. The van der Waals surface area contributed by atoms with Crippen LogP contribution in [-0.2, 0) is 0 Å². The first-order valence-electron chi connectivity index (χ1n) is 2.60. The summed E-state index contributed by atoms with van der Waals surface area (Å²) in [5.41, 5.74) is 0. The Morgan fingerprint density at radius 1 is 1.20 bits per heavy atom. The van der Waals surface area contributed by atoms with Crippen molar-refractivity contribution in [3.8, 4) is 5.75 Å². The van der Waals surface area contributed by atoms with Gasteiger partial charge in [0.25, 0.3) is 0 Å². The van der Waals surface area contributed by atoms with Gasteiger partial charge in [-0.05, 0) is 44.9 Å². The van der Waals surface area contributed by atoms with Crippen LogP contribution in [0.25, 0.3) is 0 Å². The second kappa shape index (κ2) is 4.05. The zero-order valence-electron chi connectivity index (χ0n) is 5.02. The fraction of sp³-hybridized carbons (Fsp3) is 0. The molecule has 0 unspecified atom stereocenters. The van der Waals surface area contributed by atoms with E-state index in [2.05, 4.69) is 11.7 Å². The van der Waals surface area contributed by atoms with Gasteiger partial charge in [0.05, 0.1) is 0 Å². The smallest absolute Gasteiger partial charge is 0.115 e. The van der Waals surface area contributed by atoms with Gasteiger partial charge in [0.1, 0.15) is 5.75 Å². The average Bonchev–Trinajstić information content (AvgIpc) is 1.95. The van der Waals surface area contributed by atoms with Crippen LogP contribution in [0, 0.1) is 0 Å². The summed E-state index contributed by atoms with van der Waals surface area (Å²) in [5.74, 6) is 0.300. The van der Waals surface area contributed by atoms with E-state index in [1.807, 2.05) is 12.1 Å². The van der Waals surface area contributed by atoms with Gasteiger partial charge in [-0.3, -0.25) is 0 Å². The molecule has 0 radical (unpaired) electrons. The molecule has 1 nitrogen and oxygen atoms in total. The molecule has 54 valence electrons. The molecule has 0 spiro atoms. The van der Waals surface area contributed by atoms with E-state index in [0.29, 0.717) is 5.75 Å². The maximum absolute atomic E-state index is 8.89. The summed E-state index contributed by atoms with van der Waals surface area (Å²) in [6, 6.07) is 7.02. The molecule has 1 aromatic carbocycles. The summed E-state index contributed by atoms with van der Waals surface area (Å²) in [6.07, 6.45) is 0. The number of phenols is 1. The maximum Gasteiger partial charge on any atom is 0.115 e. The van der Waals surface area contributed by atoms with Gasteiger partial charge in [-0.2, -0.15) is 0 Å². The molecule has 1 rings (SSSR count). The molecule has 0 amide bonds. The molecular weight excluding hydrogens is 184 g/mol. The Bertz CT molecular complexity index is 197. The van der Waals surface area contributed by atoms with Gasteiger partial charge in [-0.1, -0.05) is 11.7 Å². The minimum absolute atomic E-state index is 0.300. The molecule has 1 aromatic rings. The van der Waals surface area contributed by atoms with Crippen LogP contribution in [0.3, 0.4) is 0 Å². The Labute approximate surface area is 72.4 Å². The lowest BCUT2D eigenvalue weighted by Gasteiger charge is -1.94. The van der Waals surface area contributed by atoms with Crippen molar-refractivity contribution in [1.82, 2.24) is 0 Å². The first kappa shape index (κ1) is 8.17. The molecule has 0 aromatic heterocycles. The van der Waals surface area contributed by atoms with Crippen molar-refractivity contribution in [3.05, 3.63) is 24.3 Å². The Hall–Kier alpha value is 0.0700. The van der Waals surface area contributed by atoms with Gasteiger partial charge in [0, 0.05) is 4.90 Å². The van der Waals surface area contributed by atoms with Crippen molar-refractivity contribution in [2.24, 2.45) is 0 Å². The molecule has 0 aliphatic heterocycles. The van der Waals surface area contributed by atoms with E-state index in [1.54, 1.807) is 22.9 Å². The fourth-order valence-electron chi connectivity index (χ4n) is 0.545. The largest absolute Gasteiger partial charge is 0.508 e. The van der Waals surface area contributed by atoms with Crippen molar-refractivity contribution in [3.63, 3.8) is 0 Å². The van der Waals surface area contributed by atoms with E-state index in [1.165, 1.54) is 9.83 Å². The quantitative estimate of drug-likeness (QED) is 0.552. The first-order chi connectivity index (χ1) is 4.83. The predicted octanol–water partition coefficient (Wildman–Crippen LogP) is 2.98. The third-order valence-electron chi connectivity index (χ3n) is 0.970. The predicted molar refractivity (Wildman–Crippen MR) is 50.5 cm³/mol. The van der Waals surface area contributed by atoms with E-state index in [9.17, 15) is 0 Å². The van der Waals surface area contributed by atoms with E-state index >= 15 is 0 Å². The Balaban J connectivity index is 2.69. The molecule has 1 N–H and O–H groups in total. The van der Waals surface area contributed by atoms with Crippen LogP contribution in [0.1, 0.15) is 0 Å². The maximum atomic E-state index is 8.89. The summed E-state index contributed by atoms with van der Waals surface area (Å²) in [5, 5.41) is 8.89. The topological polar surface area (TPSA) is 20.2 Å². The van der Waals surface area contributed by atoms with Gasteiger partial charge >= 0.3 is 0 Å². The molecule has 0 aliphatic rings. The number of rotatable bonds is 2. The zero-order valence-corrected chi connectivity index (χ0v) is 7.55. The van der Waals surface area contributed by atoms with E-state index in [4.69, 9.17) is 5.11 Å². The second-order valence-electron chi connectivity index (χ2n) is 1.65. The lowest BCUT2D eigenvalue weighted by atomic mass is 10.3. The highest BCUT2D eigenvalue weighted by Gasteiger charge is 1.91. The van der Waals surface area contributed by atoms with E-state index in [0.717, 1.165) is 4.90 Å². The molecule has 0 atom stereocenters. The lowest BCUT2D eigenvalue weighted by molar-refractivity contribution is 0.475. The lowest BCUT2D eigenvalue weighted by Crippen LogP contribution is -1.65. The summed E-state index contributed by atoms with van der Waals surface area (Å²) >= 11 is 3.98. The molecule has 10 heavy (non-hydrogen) atoms. The van der Waals surface area contributed by atoms with Gasteiger partial charge in [-0.25, -0.2) is 0 Å². The minimum atomic E-state index is 0.300. The highest BCUT2D eigenvalue weighted by Crippen LogP contribution is 2.33. The molecular formula is C6H6OS3. The van der Waals surface area contributed by atoms with Crippen LogP contribution >= 0.6 is 32.3 Å². The van der Waals surface area contributed by atoms with E-state index < -0.39 is 0 Å². The highest BCUT2D eigenvalue weighted by molar-refractivity contribution is 9.05. The average molecular weight is 190 g/mol. The number of aromatic hydroxyl groups is 1. The van der Waals surface area contributed by atoms with Gasteiger partial charge in [0.15, 0.2) is 0 Å². The number of thiol groups is 1. The van der Waals surface area contributed by atoms with Crippen LogP contribution in [-0.4, -0.2) is 5.11 Å². The molecule has 0 fully saturated rings. The second-order valence-corrected chi connectivity index (χ2v) is 4.73. The number of phenolic OH excluding ortho intramolecular Hbond substituents is 1. The Morgan fingerprint density at radius 3 is 2.30 bits per heavy atom. The number of benzene rings is 1. The normalized spacial score (nSPS) is 9.70. The monoisotopic (exact) mass is 190 g/mol. The molecule has 0 saturated heterocycles. The standard InChI is InChI=1S/C6H6OS3/c7-5-1-3-6(4-2-5)9-10-8/h1-4,7-8H. The third kappa shape index (κ3) is 2.36. The Morgan fingerprint density at radius 2 is 1.80 bits per heavy atom. The molecule has 4 heteroatoms. The van der Waals surface area contributed by atoms with Crippen molar-refractivity contribution in [2.75, 3.05) is 0 Å². The molecule has 0 bridgehead atoms. The van der Waals surface area contributed by atoms with Crippen molar-refractivity contribution in [1.29, 1.82) is 0 Å². The molecule has 0 aliphatic carbocycles. The van der Waals surface area contributed by atoms with Crippen LogP contribution < -0.4 is 0 Å². The number of hydrogen-bond acceptors (Lipinski definition) is 4. The highest BCUT2D eigenvalue weighted by atomic mass is 33.5. The van der Waals surface area contributed by atoms with Crippen molar-refractivity contribution < 1.29 is 5.11 Å². The van der Waals surface area contributed by atoms with Gasteiger partial charge < -0.3 is 5.11 Å². The van der Waals surface area contributed by atoms with Gasteiger partial charge in [0.2, 0.25) is 0 Å². The number of hydrogen-bond donors (Lipinski definition) is 2. The summed E-state index contributed by atoms with van der Waals surface area (Å²) < 4.78 is 0. The van der Waals surface area contributed by atoms with Crippen LogP contribution in [0.5, 0.6) is 5.75 Å². The van der Waals surface area contributed by atoms with Gasteiger partial charge in [-0.15, -0.1) is 0 Å². The fourth-order valence-corrected chi connectivity index (χ4v) is 2.24. The summed E-state index contributed by atoms with van der Waals surface area (Å²) in [7, 11) is 2.94. The summed E-state index contributed by atoms with van der Waals surface area (Å²) in [4.78, 5) is 1.10. The Kier molecular flexibility index (Phi) is 3.31. The molecule has 0 saturated carbocycles. The van der Waals surface area contributed by atoms with E-state index in [-0.39, 0.29) is 0 Å².